The van der Waals surface area contributed by atoms with Crippen LogP contribution < -0.4 is 0 Å². The zero-order valence-corrected chi connectivity index (χ0v) is 8.98. The van der Waals surface area contributed by atoms with Crippen LogP contribution in [0.5, 0.6) is 0 Å². The van der Waals surface area contributed by atoms with Gasteiger partial charge in [-0.15, -0.1) is 0 Å². The molecule has 0 aliphatic heterocycles. The maximum atomic E-state index is 4.53. The molecule has 0 spiro atoms. The fraction of sp³-hybridized carbons (Fsp3) is 0.286. The maximum Gasteiger partial charge on any atom is 0.0930 e. The summed E-state index contributed by atoms with van der Waals surface area (Å²) in [5.41, 5.74) is 6.59. The molecule has 0 aromatic carbocycles. The van der Waals surface area contributed by atoms with Crippen molar-refractivity contribution in [1.29, 1.82) is 0 Å². The molecular weight excluding hydrogens is 196 g/mol. The molecule has 1 atom stereocenters. The second kappa shape index (κ2) is 2.91. The SMILES string of the molecule is c1cnc2c(c1)C1CCCc3ccnc-2c31. The molecule has 2 aliphatic rings. The number of hydrogen-bond donors (Lipinski definition) is 0. The number of aryl methyl sites for hydroxylation is 1. The summed E-state index contributed by atoms with van der Waals surface area (Å²) in [6.45, 7) is 0. The first-order chi connectivity index (χ1) is 7.95. The summed E-state index contributed by atoms with van der Waals surface area (Å²) in [4.78, 5) is 9.04. The molecule has 16 heavy (non-hydrogen) atoms. The van der Waals surface area contributed by atoms with Gasteiger partial charge in [-0.05, 0) is 48.1 Å². The Balaban J connectivity index is 2.10. The largest absolute Gasteiger partial charge is 0.254 e. The highest BCUT2D eigenvalue weighted by Gasteiger charge is 2.34. The Bertz CT molecular complexity index is 575. The van der Waals surface area contributed by atoms with Crippen LogP contribution in [0, 0.1) is 0 Å². The van der Waals surface area contributed by atoms with Crippen LogP contribution >= 0.6 is 0 Å². The number of aromatic nitrogens is 2. The number of hydrogen-bond acceptors (Lipinski definition) is 2. The number of pyridine rings is 2. The molecule has 1 unspecified atom stereocenters. The number of fused-ring (bicyclic) bond motifs is 3. The summed E-state index contributed by atoms with van der Waals surface area (Å²) >= 11 is 0. The summed E-state index contributed by atoms with van der Waals surface area (Å²) in [6, 6.07) is 6.43. The van der Waals surface area contributed by atoms with Crippen LogP contribution in [-0.4, -0.2) is 9.97 Å². The Morgan fingerprint density at radius 3 is 3.00 bits per heavy atom. The van der Waals surface area contributed by atoms with Crippen molar-refractivity contribution >= 4 is 0 Å². The normalized spacial score (nSPS) is 20.4. The topological polar surface area (TPSA) is 25.8 Å². The first-order valence-corrected chi connectivity index (χ1v) is 5.88. The minimum absolute atomic E-state index is 0.566. The van der Waals surface area contributed by atoms with E-state index in [1.165, 1.54) is 36.0 Å². The Morgan fingerprint density at radius 2 is 2.00 bits per heavy atom. The summed E-state index contributed by atoms with van der Waals surface area (Å²) in [6.07, 6.45) is 7.55. The van der Waals surface area contributed by atoms with Crippen LogP contribution in [-0.2, 0) is 6.42 Å². The van der Waals surface area contributed by atoms with E-state index in [2.05, 4.69) is 22.1 Å². The quantitative estimate of drug-likeness (QED) is 0.665. The second-order valence-electron chi connectivity index (χ2n) is 4.62. The average Bonchev–Trinajstić information content (AvgIpc) is 2.68. The number of rotatable bonds is 0. The van der Waals surface area contributed by atoms with Gasteiger partial charge in [0.05, 0.1) is 11.4 Å². The van der Waals surface area contributed by atoms with Crippen LogP contribution in [0.25, 0.3) is 11.4 Å². The van der Waals surface area contributed by atoms with Crippen molar-refractivity contribution in [2.24, 2.45) is 0 Å². The molecule has 78 valence electrons. The van der Waals surface area contributed by atoms with Crippen molar-refractivity contribution in [1.82, 2.24) is 9.97 Å². The van der Waals surface area contributed by atoms with Crippen molar-refractivity contribution in [3.8, 4) is 11.4 Å². The smallest absolute Gasteiger partial charge is 0.0930 e. The molecule has 0 fully saturated rings. The van der Waals surface area contributed by atoms with Crippen molar-refractivity contribution in [2.45, 2.75) is 25.2 Å². The van der Waals surface area contributed by atoms with E-state index < -0.39 is 0 Å². The third-order valence-electron chi connectivity index (χ3n) is 3.81. The summed E-state index contributed by atoms with van der Waals surface area (Å²) in [5.74, 6) is 0.566. The van der Waals surface area contributed by atoms with Gasteiger partial charge in [0.2, 0.25) is 0 Å². The summed E-state index contributed by atoms with van der Waals surface area (Å²) in [7, 11) is 0. The third kappa shape index (κ3) is 0.921. The first kappa shape index (κ1) is 8.45. The average molecular weight is 208 g/mol. The highest BCUT2D eigenvalue weighted by molar-refractivity contribution is 5.74. The molecule has 0 radical (unpaired) electrons. The van der Waals surface area contributed by atoms with Gasteiger partial charge in [0.25, 0.3) is 0 Å². The molecule has 0 N–H and O–H groups in total. The fourth-order valence-electron chi connectivity index (χ4n) is 3.16. The Labute approximate surface area is 94.4 Å². The van der Waals surface area contributed by atoms with Gasteiger partial charge < -0.3 is 0 Å². The van der Waals surface area contributed by atoms with E-state index in [9.17, 15) is 0 Å². The van der Waals surface area contributed by atoms with Gasteiger partial charge in [-0.1, -0.05) is 6.07 Å². The van der Waals surface area contributed by atoms with Crippen molar-refractivity contribution in [3.05, 3.63) is 47.3 Å². The van der Waals surface area contributed by atoms with Crippen LogP contribution in [0.4, 0.5) is 0 Å². The minimum atomic E-state index is 0.566. The number of nitrogens with zero attached hydrogens (tertiary/aromatic N) is 2. The highest BCUT2D eigenvalue weighted by Crippen LogP contribution is 2.48. The Hall–Kier alpha value is -1.70. The molecular formula is C14H12N2. The zero-order chi connectivity index (χ0) is 10.5. The van der Waals surface area contributed by atoms with Gasteiger partial charge in [-0.3, -0.25) is 9.97 Å². The monoisotopic (exact) mass is 208 g/mol. The molecule has 2 heteroatoms. The van der Waals surface area contributed by atoms with E-state index in [1.807, 2.05) is 18.5 Å². The van der Waals surface area contributed by atoms with Gasteiger partial charge in [-0.2, -0.15) is 0 Å². The van der Waals surface area contributed by atoms with Gasteiger partial charge in [0.15, 0.2) is 0 Å². The van der Waals surface area contributed by atoms with E-state index in [0.717, 1.165) is 11.4 Å². The van der Waals surface area contributed by atoms with Crippen molar-refractivity contribution < 1.29 is 0 Å². The molecule has 2 aliphatic carbocycles. The lowest BCUT2D eigenvalue weighted by Crippen LogP contribution is -2.08. The van der Waals surface area contributed by atoms with Crippen LogP contribution in [0.3, 0.4) is 0 Å². The van der Waals surface area contributed by atoms with Gasteiger partial charge >= 0.3 is 0 Å². The van der Waals surface area contributed by atoms with Gasteiger partial charge in [0, 0.05) is 18.3 Å². The predicted molar refractivity (Wildman–Crippen MR) is 62.2 cm³/mol. The Morgan fingerprint density at radius 1 is 1.06 bits per heavy atom. The molecule has 2 nitrogen and oxygen atoms in total. The lowest BCUT2D eigenvalue weighted by molar-refractivity contribution is 0.625. The standard InChI is InChI=1S/C14H12N2/c1-3-9-6-8-16-14-12(9)10(4-1)11-5-2-7-15-13(11)14/h2,5-8,10H,1,3-4H2. The van der Waals surface area contributed by atoms with Crippen LogP contribution in [0.2, 0.25) is 0 Å². The minimum Gasteiger partial charge on any atom is -0.254 e. The zero-order valence-electron chi connectivity index (χ0n) is 8.98. The third-order valence-corrected chi connectivity index (χ3v) is 3.81. The molecule has 0 bridgehead atoms. The second-order valence-corrected chi connectivity index (χ2v) is 4.62. The van der Waals surface area contributed by atoms with E-state index in [1.54, 1.807) is 0 Å². The van der Waals surface area contributed by atoms with Gasteiger partial charge in [0.1, 0.15) is 0 Å². The molecule has 2 aromatic heterocycles. The van der Waals surface area contributed by atoms with E-state index in [4.69, 9.17) is 0 Å². The molecule has 2 heterocycles. The molecule has 4 rings (SSSR count). The van der Waals surface area contributed by atoms with E-state index in [0.29, 0.717) is 5.92 Å². The first-order valence-electron chi connectivity index (χ1n) is 5.88. The summed E-state index contributed by atoms with van der Waals surface area (Å²) < 4.78 is 0. The fourth-order valence-corrected chi connectivity index (χ4v) is 3.16. The molecule has 0 saturated carbocycles. The lowest BCUT2D eigenvalue weighted by Gasteiger charge is -2.21. The predicted octanol–water partition coefficient (Wildman–Crippen LogP) is 2.93. The maximum absolute atomic E-state index is 4.53. The lowest BCUT2D eigenvalue weighted by atomic mass is 9.83. The van der Waals surface area contributed by atoms with Crippen molar-refractivity contribution in [3.63, 3.8) is 0 Å². The van der Waals surface area contributed by atoms with Crippen molar-refractivity contribution in [2.75, 3.05) is 0 Å². The Kier molecular flexibility index (Phi) is 1.54. The highest BCUT2D eigenvalue weighted by atomic mass is 14.8. The van der Waals surface area contributed by atoms with E-state index >= 15 is 0 Å². The summed E-state index contributed by atoms with van der Waals surface area (Å²) in [5, 5.41) is 0. The molecule has 2 aromatic rings. The molecule has 0 saturated heterocycles. The molecule has 0 amide bonds. The van der Waals surface area contributed by atoms with E-state index in [-0.39, 0.29) is 0 Å². The van der Waals surface area contributed by atoms with Gasteiger partial charge in [-0.25, -0.2) is 0 Å². The van der Waals surface area contributed by atoms with Crippen LogP contribution in [0.1, 0.15) is 35.4 Å². The van der Waals surface area contributed by atoms with Crippen LogP contribution in [0.15, 0.2) is 30.6 Å².